The van der Waals surface area contributed by atoms with Crippen molar-refractivity contribution >= 4 is 17.9 Å². The van der Waals surface area contributed by atoms with E-state index in [-0.39, 0.29) is 37.6 Å². The van der Waals surface area contributed by atoms with E-state index >= 15 is 0 Å². The zero-order valence-corrected chi connectivity index (χ0v) is 44.6. The molecule has 0 spiro atoms. The first kappa shape index (κ1) is 59.0. The molecule has 0 radical (unpaired) electrons. The summed E-state index contributed by atoms with van der Waals surface area (Å²) >= 11 is 0. The molecule has 80 heavy (non-hydrogen) atoms. The highest BCUT2D eigenvalue weighted by atomic mass is 16.8. The number of nitrogens with zero attached hydrogens (tertiary/aromatic N) is 5. The molecule has 22 nitrogen and oxygen atoms in total. The zero-order valence-electron chi connectivity index (χ0n) is 44.6. The summed E-state index contributed by atoms with van der Waals surface area (Å²) in [6.45, 7) is 2.18. The highest BCUT2D eigenvalue weighted by molar-refractivity contribution is 5.89. The van der Waals surface area contributed by atoms with Gasteiger partial charge in [-0.3, -0.25) is 10.0 Å². The second kappa shape index (κ2) is 29.9. The molecule has 5 aromatic carbocycles. The number of carbonyl (C=O) groups excluding carboxylic acids is 3. The molecule has 3 aliphatic heterocycles. The minimum atomic E-state index is -1.61. The summed E-state index contributed by atoms with van der Waals surface area (Å²) in [6, 6.07) is 42.0. The highest BCUT2D eigenvalue weighted by Crippen LogP contribution is 2.39. The van der Waals surface area contributed by atoms with Crippen molar-refractivity contribution < 1.29 is 76.0 Å². The highest BCUT2D eigenvalue weighted by Gasteiger charge is 2.57. The predicted octanol–water partition coefficient (Wildman–Crippen LogP) is 7.98. The van der Waals surface area contributed by atoms with Gasteiger partial charge in [0, 0.05) is 26.1 Å². The number of nitrogens with one attached hydrogen (secondary N) is 1. The maximum Gasteiger partial charge on any atom is 0.338 e. The van der Waals surface area contributed by atoms with Crippen molar-refractivity contribution in [1.29, 1.82) is 0 Å². The average Bonchev–Trinajstić information content (AvgIpc) is 3.51. The Bertz CT molecular complexity index is 2760. The summed E-state index contributed by atoms with van der Waals surface area (Å²) in [6.07, 6.45) is -15.9. The number of ether oxygens (including phenoxy) is 13. The first-order chi connectivity index (χ1) is 39.1. The predicted molar refractivity (Wildman–Crippen MR) is 284 cm³/mol. The van der Waals surface area contributed by atoms with Gasteiger partial charge in [-0.25, -0.2) is 9.59 Å². The number of esters is 3. The van der Waals surface area contributed by atoms with Crippen molar-refractivity contribution in [2.45, 2.75) is 132 Å². The van der Waals surface area contributed by atoms with Gasteiger partial charge in [-0.1, -0.05) is 139 Å². The van der Waals surface area contributed by atoms with Crippen LogP contribution < -0.4 is 5.43 Å². The van der Waals surface area contributed by atoms with E-state index < -0.39 is 117 Å². The van der Waals surface area contributed by atoms with E-state index in [9.17, 15) is 25.4 Å². The second-order valence-corrected chi connectivity index (χ2v) is 18.9. The van der Waals surface area contributed by atoms with E-state index in [0.29, 0.717) is 12.0 Å². The lowest BCUT2D eigenvalue weighted by atomic mass is 9.93. The Kier molecular flexibility index (Phi) is 22.0. The molecular weight excluding hydrogens is 1040 g/mol. The molecule has 0 amide bonds. The molecule has 8 rings (SSSR count). The zero-order chi connectivity index (χ0) is 56.2. The summed E-state index contributed by atoms with van der Waals surface area (Å²) in [5.74, 6) is -2.14. The first-order valence-electron chi connectivity index (χ1n) is 26.2. The lowest BCUT2D eigenvalue weighted by Gasteiger charge is -2.52. The van der Waals surface area contributed by atoms with E-state index in [1.54, 1.807) is 60.7 Å². The van der Waals surface area contributed by atoms with Gasteiger partial charge in [-0.05, 0) is 52.9 Å². The van der Waals surface area contributed by atoms with Crippen molar-refractivity contribution in [3.05, 3.63) is 195 Å². The van der Waals surface area contributed by atoms with Crippen LogP contribution >= 0.6 is 0 Å². The molecule has 15 atom stereocenters. The molecule has 5 aromatic rings. The fourth-order valence-electron chi connectivity index (χ4n) is 9.79. The molecular formula is C58H65N6O16-. The normalized spacial score (nSPS) is 28.3. The van der Waals surface area contributed by atoms with Crippen LogP contribution in [0.2, 0.25) is 0 Å². The SMILES string of the molecule is CCC1OC(OC)[C@@H](N=[N+]=[N-])[C@@H](OCc2ccccc2)C1OC1O[C@@H](COC(C)=O)[C@@H](OC2OC(COC(=O)c3ccccc3)C(OC)[C@H](OCc3ccccc3)[C@@H]2NN=[N-])C(OCc2ccccc2)C1OC(=O)c1ccccc1. The minimum absolute atomic E-state index is 0.0323. The number of azide groups is 1. The topological polar surface area (TPSA) is 267 Å². The van der Waals surface area contributed by atoms with Crippen molar-refractivity contribution in [3.63, 3.8) is 0 Å². The van der Waals surface area contributed by atoms with Crippen LogP contribution in [-0.4, -0.2) is 137 Å². The van der Waals surface area contributed by atoms with Gasteiger partial charge < -0.3 is 72.5 Å². The largest absolute Gasteiger partial charge is 0.463 e. The summed E-state index contributed by atoms with van der Waals surface area (Å²) in [7, 11) is 2.85. The summed E-state index contributed by atoms with van der Waals surface area (Å²) in [5, 5.41) is 7.41. The molecule has 0 aromatic heterocycles. The van der Waals surface area contributed by atoms with E-state index in [2.05, 4.69) is 20.7 Å². The van der Waals surface area contributed by atoms with Crippen molar-refractivity contribution in [2.75, 3.05) is 27.4 Å². The third-order valence-corrected chi connectivity index (χ3v) is 13.7. The van der Waals surface area contributed by atoms with Gasteiger partial charge in [0.2, 0.25) is 0 Å². The van der Waals surface area contributed by atoms with Gasteiger partial charge in [0.05, 0.1) is 49.2 Å². The Labute approximate surface area is 463 Å². The third-order valence-electron chi connectivity index (χ3n) is 13.7. The monoisotopic (exact) mass is 1100 g/mol. The number of benzene rings is 5. The number of methoxy groups -OCH3 is 2. The van der Waals surface area contributed by atoms with Gasteiger partial charge in [-0.15, -0.1) is 0 Å². The molecule has 3 heterocycles. The molecule has 424 valence electrons. The Morgan fingerprint density at radius 2 is 1.00 bits per heavy atom. The van der Waals surface area contributed by atoms with Gasteiger partial charge in [0.1, 0.15) is 62.0 Å². The molecule has 9 unspecified atom stereocenters. The van der Waals surface area contributed by atoms with Crippen LogP contribution in [0.1, 0.15) is 57.7 Å². The van der Waals surface area contributed by atoms with Gasteiger partial charge in [0.15, 0.2) is 25.0 Å². The van der Waals surface area contributed by atoms with Crippen molar-refractivity contribution in [3.8, 4) is 0 Å². The first-order valence-corrected chi connectivity index (χ1v) is 26.2. The second-order valence-electron chi connectivity index (χ2n) is 18.9. The smallest absolute Gasteiger partial charge is 0.338 e. The standard InChI is InChI=1S/C58H65N6O16/c1-5-42-48(51(45(61-63-59)56(69-4)75-42)72-32-38-23-13-7-14-24-38)80-58-53(78-55(67)41-29-19-10-20-30-41)52(73-33-39-25-15-8-16-26-39)49(44(77-58)34-70-36(2)65)79-57-46(62-64-60)50(71-31-37-21-11-6-12-22-37)47(68-3)43(76-57)35-74-54(66)40-27-17-9-18-28-40/h6-30,42-53,56-58H,5,31-35H2,1-4H3,(H-,60,62)/q-1/t42?,43?,44-,45-,46-,47?,48?,49+,50+,51+,52?,53?,56?,57?,58?/m0/s1. The van der Waals surface area contributed by atoms with E-state index in [0.717, 1.165) is 11.1 Å². The fraction of sp³-hybridized carbons (Fsp3) is 0.431. The van der Waals surface area contributed by atoms with Crippen LogP contribution in [0.3, 0.4) is 0 Å². The fourth-order valence-corrected chi connectivity index (χ4v) is 9.79. The van der Waals surface area contributed by atoms with E-state index in [1.807, 2.05) is 97.9 Å². The van der Waals surface area contributed by atoms with Crippen LogP contribution in [0.25, 0.3) is 16.0 Å². The Hall–Kier alpha value is -7.18. The Morgan fingerprint density at radius 3 is 1.51 bits per heavy atom. The Balaban J connectivity index is 1.23. The number of rotatable bonds is 26. The summed E-state index contributed by atoms with van der Waals surface area (Å²) in [5.41, 5.74) is 25.7. The number of hydrogen-bond donors (Lipinski definition) is 1. The number of carbonyl (C=O) groups is 3. The van der Waals surface area contributed by atoms with Gasteiger partial charge >= 0.3 is 17.9 Å². The molecule has 0 saturated carbocycles. The summed E-state index contributed by atoms with van der Waals surface area (Å²) in [4.78, 5) is 44.0. The molecule has 3 fully saturated rings. The van der Waals surface area contributed by atoms with E-state index in [4.69, 9.17) is 61.6 Å². The van der Waals surface area contributed by atoms with Gasteiger partial charge in [0.25, 0.3) is 0 Å². The quantitative estimate of drug-likeness (QED) is 0.0137. The van der Waals surface area contributed by atoms with Crippen LogP contribution in [0.15, 0.2) is 162 Å². The van der Waals surface area contributed by atoms with Crippen LogP contribution in [0, 0.1) is 0 Å². The lowest BCUT2D eigenvalue weighted by Crippen LogP contribution is -2.69. The molecule has 0 bridgehead atoms. The Morgan fingerprint density at radius 1 is 0.537 bits per heavy atom. The van der Waals surface area contributed by atoms with E-state index in [1.165, 1.54) is 21.1 Å². The molecule has 3 saturated heterocycles. The average molecular weight is 1100 g/mol. The minimum Gasteiger partial charge on any atom is -0.463 e. The molecule has 0 aliphatic carbocycles. The lowest BCUT2D eigenvalue weighted by molar-refractivity contribution is -0.372. The van der Waals surface area contributed by atoms with Crippen LogP contribution in [0.4, 0.5) is 0 Å². The maximum absolute atomic E-state index is 14.6. The van der Waals surface area contributed by atoms with Crippen LogP contribution in [-0.2, 0) is 86.2 Å². The third kappa shape index (κ3) is 15.4. The van der Waals surface area contributed by atoms with Crippen LogP contribution in [0.5, 0.6) is 0 Å². The van der Waals surface area contributed by atoms with Crippen molar-refractivity contribution in [1.82, 2.24) is 5.43 Å². The summed E-state index contributed by atoms with van der Waals surface area (Å²) < 4.78 is 84.2. The molecule has 3 aliphatic rings. The molecule has 22 heteroatoms. The van der Waals surface area contributed by atoms with Crippen molar-refractivity contribution in [2.24, 2.45) is 10.3 Å². The van der Waals surface area contributed by atoms with Gasteiger partial charge in [-0.2, -0.15) is 0 Å². The maximum atomic E-state index is 14.6. The number of hydrogen-bond acceptors (Lipinski definition) is 18. The molecule has 1 N–H and O–H groups in total.